The van der Waals surface area contributed by atoms with Crippen molar-refractivity contribution in [3.63, 3.8) is 0 Å². The molecule has 0 radical (unpaired) electrons. The van der Waals surface area contributed by atoms with Gasteiger partial charge in [-0.05, 0) is 29.3 Å². The maximum absolute atomic E-state index is 6.01. The van der Waals surface area contributed by atoms with E-state index < -0.39 is 0 Å². The second-order valence-corrected chi connectivity index (χ2v) is 4.62. The molecule has 0 bridgehead atoms. The topological polar surface area (TPSA) is 64.3 Å². The van der Waals surface area contributed by atoms with Gasteiger partial charge in [0.25, 0.3) is 0 Å². The Bertz CT molecular complexity index is 501. The molecule has 0 amide bonds. The van der Waals surface area contributed by atoms with Gasteiger partial charge in [-0.3, -0.25) is 0 Å². The highest BCUT2D eigenvalue weighted by Crippen LogP contribution is 2.28. The third-order valence-electron chi connectivity index (χ3n) is 2.47. The molecular weight excluding hydrogens is 248 g/mol. The monoisotopic (exact) mass is 264 g/mol. The third-order valence-corrected chi connectivity index (χ3v) is 3.20. The standard InChI is InChI=1S/C12H16N4OS/c1-3-17-12-10(13)11(14-8-15-12)16(2)6-9-4-5-18-7-9/h4-5,7-8H,3,6,13H2,1-2H3. The predicted octanol–water partition coefficient (Wildman–Crippen LogP) is 2.16. The van der Waals surface area contributed by atoms with E-state index in [1.54, 1.807) is 11.3 Å². The Hall–Kier alpha value is -1.82. The number of nitrogens with zero attached hydrogens (tertiary/aromatic N) is 3. The van der Waals surface area contributed by atoms with Crippen molar-refractivity contribution >= 4 is 22.8 Å². The first-order chi connectivity index (χ1) is 8.72. The van der Waals surface area contributed by atoms with Crippen molar-refractivity contribution in [2.75, 3.05) is 24.3 Å². The third kappa shape index (κ3) is 2.70. The Morgan fingerprint density at radius 3 is 2.94 bits per heavy atom. The largest absolute Gasteiger partial charge is 0.476 e. The zero-order valence-electron chi connectivity index (χ0n) is 10.5. The lowest BCUT2D eigenvalue weighted by molar-refractivity contribution is 0.328. The quantitative estimate of drug-likeness (QED) is 0.896. The molecule has 0 aliphatic carbocycles. The van der Waals surface area contributed by atoms with Gasteiger partial charge in [0.15, 0.2) is 5.82 Å². The van der Waals surface area contributed by atoms with Crippen molar-refractivity contribution in [2.24, 2.45) is 0 Å². The average Bonchev–Trinajstić information content (AvgIpc) is 2.85. The predicted molar refractivity (Wildman–Crippen MR) is 74.0 cm³/mol. The fraction of sp³-hybridized carbons (Fsp3) is 0.333. The highest BCUT2D eigenvalue weighted by molar-refractivity contribution is 7.07. The Labute approximate surface area is 110 Å². The lowest BCUT2D eigenvalue weighted by atomic mass is 10.3. The molecule has 0 fully saturated rings. The van der Waals surface area contributed by atoms with E-state index in [1.807, 2.05) is 18.9 Å². The summed E-state index contributed by atoms with van der Waals surface area (Å²) in [5.41, 5.74) is 7.73. The van der Waals surface area contributed by atoms with Crippen molar-refractivity contribution in [3.05, 3.63) is 28.7 Å². The number of nitrogen functional groups attached to an aromatic ring is 1. The van der Waals surface area contributed by atoms with Crippen molar-refractivity contribution < 1.29 is 4.74 Å². The van der Waals surface area contributed by atoms with Crippen LogP contribution in [0, 0.1) is 0 Å². The van der Waals surface area contributed by atoms with Crippen LogP contribution in [0.1, 0.15) is 12.5 Å². The van der Waals surface area contributed by atoms with Crippen LogP contribution >= 0.6 is 11.3 Å². The molecule has 2 heterocycles. The minimum absolute atomic E-state index is 0.444. The zero-order chi connectivity index (χ0) is 13.0. The van der Waals surface area contributed by atoms with E-state index in [9.17, 15) is 0 Å². The first kappa shape index (κ1) is 12.6. The molecule has 2 rings (SSSR count). The van der Waals surface area contributed by atoms with Crippen LogP contribution in [0.25, 0.3) is 0 Å². The summed E-state index contributed by atoms with van der Waals surface area (Å²) < 4.78 is 5.36. The molecule has 0 aliphatic heterocycles. The molecule has 2 aromatic heterocycles. The van der Waals surface area contributed by atoms with Gasteiger partial charge in [-0.15, -0.1) is 0 Å². The maximum atomic E-state index is 6.01. The second kappa shape index (κ2) is 5.68. The fourth-order valence-corrected chi connectivity index (χ4v) is 2.32. The number of rotatable bonds is 5. The molecule has 5 nitrogen and oxygen atoms in total. The van der Waals surface area contributed by atoms with Gasteiger partial charge in [-0.1, -0.05) is 0 Å². The van der Waals surface area contributed by atoms with E-state index in [0.717, 1.165) is 6.54 Å². The van der Waals surface area contributed by atoms with E-state index >= 15 is 0 Å². The van der Waals surface area contributed by atoms with Crippen molar-refractivity contribution in [1.29, 1.82) is 0 Å². The molecule has 96 valence electrons. The van der Waals surface area contributed by atoms with Gasteiger partial charge in [0.1, 0.15) is 12.0 Å². The lowest BCUT2D eigenvalue weighted by Crippen LogP contribution is -2.19. The number of aromatic nitrogens is 2. The molecule has 6 heteroatoms. The number of hydrogen-bond acceptors (Lipinski definition) is 6. The van der Waals surface area contributed by atoms with Gasteiger partial charge in [0.05, 0.1) is 6.61 Å². The van der Waals surface area contributed by atoms with Crippen LogP contribution < -0.4 is 15.4 Å². The number of thiophene rings is 1. The van der Waals surface area contributed by atoms with Crippen LogP contribution in [0.3, 0.4) is 0 Å². The van der Waals surface area contributed by atoms with Crippen LogP contribution in [0.5, 0.6) is 5.88 Å². The number of nitrogens with two attached hydrogens (primary N) is 1. The summed E-state index contributed by atoms with van der Waals surface area (Å²) in [6, 6.07) is 2.09. The molecule has 0 aliphatic rings. The minimum Gasteiger partial charge on any atom is -0.476 e. The molecule has 0 atom stereocenters. The molecule has 18 heavy (non-hydrogen) atoms. The van der Waals surface area contributed by atoms with Crippen LogP contribution in [-0.4, -0.2) is 23.6 Å². The second-order valence-electron chi connectivity index (χ2n) is 3.84. The van der Waals surface area contributed by atoms with Gasteiger partial charge < -0.3 is 15.4 Å². The fourth-order valence-electron chi connectivity index (χ4n) is 1.66. The molecule has 0 saturated carbocycles. The van der Waals surface area contributed by atoms with Crippen LogP contribution in [0.2, 0.25) is 0 Å². The van der Waals surface area contributed by atoms with Gasteiger partial charge in [0, 0.05) is 13.6 Å². The summed E-state index contributed by atoms with van der Waals surface area (Å²) in [5.74, 6) is 1.14. The number of anilines is 2. The van der Waals surface area contributed by atoms with E-state index in [4.69, 9.17) is 10.5 Å². The first-order valence-corrected chi connectivity index (χ1v) is 6.62. The Balaban J connectivity index is 2.19. The average molecular weight is 264 g/mol. The molecule has 0 unspecified atom stereocenters. The highest BCUT2D eigenvalue weighted by Gasteiger charge is 2.13. The van der Waals surface area contributed by atoms with Gasteiger partial charge in [0.2, 0.25) is 5.88 Å². The maximum Gasteiger partial charge on any atom is 0.242 e. The Morgan fingerprint density at radius 1 is 1.44 bits per heavy atom. The Kier molecular flexibility index (Phi) is 3.99. The summed E-state index contributed by atoms with van der Waals surface area (Å²) in [7, 11) is 1.95. The van der Waals surface area contributed by atoms with Gasteiger partial charge in [-0.25, -0.2) is 4.98 Å². The van der Waals surface area contributed by atoms with E-state index in [-0.39, 0.29) is 0 Å². The smallest absolute Gasteiger partial charge is 0.242 e. The van der Waals surface area contributed by atoms with E-state index in [0.29, 0.717) is 24.0 Å². The molecule has 2 N–H and O–H groups in total. The van der Waals surface area contributed by atoms with Crippen LogP contribution in [0.15, 0.2) is 23.2 Å². The molecular formula is C12H16N4OS. The van der Waals surface area contributed by atoms with Crippen molar-refractivity contribution in [1.82, 2.24) is 9.97 Å². The summed E-state index contributed by atoms with van der Waals surface area (Å²) in [5, 5.41) is 4.16. The van der Waals surface area contributed by atoms with Crippen molar-refractivity contribution in [3.8, 4) is 5.88 Å². The SMILES string of the molecule is CCOc1ncnc(N(C)Cc2ccsc2)c1N. The summed E-state index contributed by atoms with van der Waals surface area (Å²) in [4.78, 5) is 10.2. The molecule has 0 aromatic carbocycles. The number of hydrogen-bond donors (Lipinski definition) is 1. The first-order valence-electron chi connectivity index (χ1n) is 5.67. The lowest BCUT2D eigenvalue weighted by Gasteiger charge is -2.19. The molecule has 0 spiro atoms. The summed E-state index contributed by atoms with van der Waals surface area (Å²) >= 11 is 1.68. The number of ether oxygens (including phenoxy) is 1. The molecule has 0 saturated heterocycles. The Morgan fingerprint density at radius 2 is 2.28 bits per heavy atom. The summed E-state index contributed by atoms with van der Waals surface area (Å²) in [6.45, 7) is 3.20. The van der Waals surface area contributed by atoms with Crippen molar-refractivity contribution in [2.45, 2.75) is 13.5 Å². The zero-order valence-corrected chi connectivity index (χ0v) is 11.3. The molecule has 2 aromatic rings. The highest BCUT2D eigenvalue weighted by atomic mass is 32.1. The normalized spacial score (nSPS) is 10.3. The van der Waals surface area contributed by atoms with Crippen LogP contribution in [0.4, 0.5) is 11.5 Å². The summed E-state index contributed by atoms with van der Waals surface area (Å²) in [6.07, 6.45) is 1.47. The van der Waals surface area contributed by atoms with Crippen LogP contribution in [-0.2, 0) is 6.54 Å². The van der Waals surface area contributed by atoms with E-state index in [1.165, 1.54) is 11.9 Å². The van der Waals surface area contributed by atoms with Gasteiger partial charge in [-0.2, -0.15) is 16.3 Å². The van der Waals surface area contributed by atoms with Gasteiger partial charge >= 0.3 is 0 Å². The van der Waals surface area contributed by atoms with E-state index in [2.05, 4.69) is 26.8 Å². The minimum atomic E-state index is 0.444.